The van der Waals surface area contributed by atoms with Gasteiger partial charge in [-0.25, -0.2) is 8.42 Å². The summed E-state index contributed by atoms with van der Waals surface area (Å²) in [5.74, 6) is -0.0465. The Balaban J connectivity index is 2.26. The largest absolute Gasteiger partial charge is 0.382 e. The van der Waals surface area contributed by atoms with Crippen LogP contribution >= 0.6 is 0 Å². The molecule has 1 aliphatic heterocycles. The van der Waals surface area contributed by atoms with Gasteiger partial charge in [0.1, 0.15) is 0 Å². The predicted octanol–water partition coefficient (Wildman–Crippen LogP) is 0.516. The number of hydrogen-bond acceptors (Lipinski definition) is 5. The summed E-state index contributed by atoms with van der Waals surface area (Å²) >= 11 is 0. The standard InChI is InChI=1S/C11H12N2O3S/c1-17(15,16)9-4-2-3-8(5-9)13-10-6-12-7-11(10)14/h2-6,12-13H,7H2,1H3. The lowest BCUT2D eigenvalue weighted by atomic mass is 10.3. The predicted molar refractivity (Wildman–Crippen MR) is 64.3 cm³/mol. The van der Waals surface area contributed by atoms with Gasteiger partial charge in [0.15, 0.2) is 15.6 Å². The fourth-order valence-corrected chi connectivity index (χ4v) is 2.15. The van der Waals surface area contributed by atoms with Crippen molar-refractivity contribution < 1.29 is 13.2 Å². The number of hydrogen-bond donors (Lipinski definition) is 2. The molecule has 0 saturated carbocycles. The molecule has 0 amide bonds. The molecular weight excluding hydrogens is 240 g/mol. The minimum absolute atomic E-state index is 0.0465. The quantitative estimate of drug-likeness (QED) is 0.820. The van der Waals surface area contributed by atoms with Gasteiger partial charge in [0.2, 0.25) is 0 Å². The highest BCUT2D eigenvalue weighted by Crippen LogP contribution is 2.17. The summed E-state index contributed by atoms with van der Waals surface area (Å²) in [6.45, 7) is 0.272. The first-order chi connectivity index (χ1) is 7.97. The lowest BCUT2D eigenvalue weighted by molar-refractivity contribution is -0.113. The lowest BCUT2D eigenvalue weighted by Gasteiger charge is -2.06. The molecule has 0 aliphatic carbocycles. The van der Waals surface area contributed by atoms with E-state index in [2.05, 4.69) is 10.6 Å². The van der Waals surface area contributed by atoms with Gasteiger partial charge in [-0.15, -0.1) is 0 Å². The van der Waals surface area contributed by atoms with Crippen molar-refractivity contribution in [3.05, 3.63) is 36.2 Å². The molecule has 0 aromatic heterocycles. The number of sulfone groups is 1. The molecule has 1 aromatic rings. The fourth-order valence-electron chi connectivity index (χ4n) is 1.49. The Labute approximate surface area is 99.4 Å². The second kappa shape index (κ2) is 4.21. The van der Waals surface area contributed by atoms with E-state index < -0.39 is 9.84 Å². The van der Waals surface area contributed by atoms with Crippen molar-refractivity contribution in [1.82, 2.24) is 5.32 Å². The summed E-state index contributed by atoms with van der Waals surface area (Å²) in [5, 5.41) is 5.68. The molecule has 1 aromatic carbocycles. The van der Waals surface area contributed by atoms with Crippen molar-refractivity contribution in [2.45, 2.75) is 4.90 Å². The van der Waals surface area contributed by atoms with E-state index in [4.69, 9.17) is 0 Å². The van der Waals surface area contributed by atoms with E-state index in [9.17, 15) is 13.2 Å². The Bertz CT molecular complexity index is 590. The second-order valence-corrected chi connectivity index (χ2v) is 5.80. The first kappa shape index (κ1) is 11.7. The molecule has 2 rings (SSSR count). The van der Waals surface area contributed by atoms with Crippen LogP contribution in [0.5, 0.6) is 0 Å². The van der Waals surface area contributed by atoms with Crippen molar-refractivity contribution in [3.63, 3.8) is 0 Å². The molecule has 90 valence electrons. The topological polar surface area (TPSA) is 75.3 Å². The van der Waals surface area contributed by atoms with Crippen molar-refractivity contribution in [2.75, 3.05) is 18.1 Å². The molecule has 0 radical (unpaired) electrons. The van der Waals surface area contributed by atoms with Crippen molar-refractivity contribution >= 4 is 21.3 Å². The van der Waals surface area contributed by atoms with Crippen molar-refractivity contribution in [1.29, 1.82) is 0 Å². The van der Waals surface area contributed by atoms with Crippen molar-refractivity contribution in [3.8, 4) is 0 Å². The number of nitrogens with one attached hydrogen (secondary N) is 2. The Morgan fingerprint density at radius 1 is 1.35 bits per heavy atom. The van der Waals surface area contributed by atoms with E-state index in [1.165, 1.54) is 12.1 Å². The van der Waals surface area contributed by atoms with E-state index in [-0.39, 0.29) is 17.2 Å². The Morgan fingerprint density at radius 3 is 2.71 bits per heavy atom. The summed E-state index contributed by atoms with van der Waals surface area (Å²) in [7, 11) is -3.23. The first-order valence-electron chi connectivity index (χ1n) is 5.01. The van der Waals surface area contributed by atoms with Crippen LogP contribution in [0.3, 0.4) is 0 Å². The number of carbonyl (C=O) groups is 1. The molecule has 17 heavy (non-hydrogen) atoms. The Morgan fingerprint density at radius 2 is 2.12 bits per heavy atom. The molecule has 2 N–H and O–H groups in total. The van der Waals surface area contributed by atoms with Crippen LogP contribution in [-0.4, -0.2) is 27.0 Å². The zero-order valence-electron chi connectivity index (χ0n) is 9.23. The van der Waals surface area contributed by atoms with E-state index >= 15 is 0 Å². The van der Waals surface area contributed by atoms with Crippen LogP contribution in [-0.2, 0) is 14.6 Å². The van der Waals surface area contributed by atoms with Gasteiger partial charge in [-0.1, -0.05) is 6.07 Å². The van der Waals surface area contributed by atoms with Crippen LogP contribution in [0.4, 0.5) is 5.69 Å². The molecular formula is C11H12N2O3S. The fraction of sp³-hybridized carbons (Fsp3) is 0.182. The third kappa shape index (κ3) is 2.65. The number of carbonyl (C=O) groups excluding carboxylic acids is 1. The zero-order valence-corrected chi connectivity index (χ0v) is 10.0. The van der Waals surface area contributed by atoms with Gasteiger partial charge in [0.25, 0.3) is 0 Å². The highest BCUT2D eigenvalue weighted by Gasteiger charge is 2.15. The minimum Gasteiger partial charge on any atom is -0.382 e. The van der Waals surface area contributed by atoms with Gasteiger partial charge < -0.3 is 10.6 Å². The van der Waals surface area contributed by atoms with Crippen LogP contribution in [0.2, 0.25) is 0 Å². The summed E-state index contributed by atoms with van der Waals surface area (Å²) < 4.78 is 22.7. The lowest BCUT2D eigenvalue weighted by Crippen LogP contribution is -2.12. The van der Waals surface area contributed by atoms with E-state index in [1.807, 2.05) is 0 Å². The molecule has 0 saturated heterocycles. The van der Waals surface area contributed by atoms with Crippen molar-refractivity contribution in [2.24, 2.45) is 0 Å². The Hall–Kier alpha value is -1.82. The van der Waals surface area contributed by atoms with Gasteiger partial charge >= 0.3 is 0 Å². The highest BCUT2D eigenvalue weighted by molar-refractivity contribution is 7.90. The van der Waals surface area contributed by atoms with E-state index in [0.717, 1.165) is 6.26 Å². The average molecular weight is 252 g/mol. The SMILES string of the molecule is CS(=O)(=O)c1cccc(NC2=CNCC2=O)c1. The summed E-state index contributed by atoms with van der Waals surface area (Å²) in [6, 6.07) is 6.36. The maximum atomic E-state index is 11.4. The van der Waals surface area contributed by atoms with Gasteiger partial charge in [0.05, 0.1) is 17.1 Å². The second-order valence-electron chi connectivity index (χ2n) is 3.79. The zero-order chi connectivity index (χ0) is 12.5. The molecule has 0 bridgehead atoms. The molecule has 0 spiro atoms. The molecule has 6 heteroatoms. The van der Waals surface area contributed by atoms with Gasteiger partial charge in [-0.05, 0) is 18.2 Å². The minimum atomic E-state index is -3.23. The van der Waals surface area contributed by atoms with E-state index in [1.54, 1.807) is 18.3 Å². The Kier molecular flexibility index (Phi) is 2.89. The van der Waals surface area contributed by atoms with Crippen LogP contribution in [0.25, 0.3) is 0 Å². The summed E-state index contributed by atoms with van der Waals surface area (Å²) in [6.07, 6.45) is 2.73. The molecule has 0 unspecified atom stereocenters. The number of rotatable bonds is 3. The first-order valence-corrected chi connectivity index (χ1v) is 6.90. The van der Waals surface area contributed by atoms with Gasteiger partial charge in [-0.2, -0.15) is 0 Å². The average Bonchev–Trinajstić information content (AvgIpc) is 2.64. The normalized spacial score (nSPS) is 15.4. The summed E-state index contributed by atoms with van der Waals surface area (Å²) in [4.78, 5) is 11.6. The molecule has 0 fully saturated rings. The molecule has 1 heterocycles. The molecule has 1 aliphatic rings. The number of benzene rings is 1. The van der Waals surface area contributed by atoms with Crippen LogP contribution in [0, 0.1) is 0 Å². The molecule has 0 atom stereocenters. The van der Waals surface area contributed by atoms with Gasteiger partial charge in [-0.3, -0.25) is 4.79 Å². The smallest absolute Gasteiger partial charge is 0.199 e. The maximum absolute atomic E-state index is 11.4. The van der Waals surface area contributed by atoms with Crippen LogP contribution < -0.4 is 10.6 Å². The molecule has 5 nitrogen and oxygen atoms in total. The van der Waals surface area contributed by atoms with E-state index in [0.29, 0.717) is 11.4 Å². The third-order valence-electron chi connectivity index (χ3n) is 2.35. The summed E-state index contributed by atoms with van der Waals surface area (Å²) in [5.41, 5.74) is 1.02. The third-order valence-corrected chi connectivity index (χ3v) is 3.46. The number of ketones is 1. The monoisotopic (exact) mass is 252 g/mol. The van der Waals surface area contributed by atoms with Gasteiger partial charge in [0, 0.05) is 18.1 Å². The maximum Gasteiger partial charge on any atom is 0.199 e. The van der Waals surface area contributed by atoms with Crippen LogP contribution in [0.15, 0.2) is 41.1 Å². The highest BCUT2D eigenvalue weighted by atomic mass is 32.2. The number of anilines is 1. The van der Waals surface area contributed by atoms with Crippen LogP contribution in [0.1, 0.15) is 0 Å². The number of Topliss-reactive ketones (excluding diaryl/α,β-unsaturated/α-hetero) is 1.